The number of nitrogens with one attached hydrogen (secondary N) is 2. The molecule has 140 valence electrons. The number of rotatable bonds is 10. The third-order valence-electron chi connectivity index (χ3n) is 4.62. The van der Waals surface area contributed by atoms with E-state index in [0.29, 0.717) is 0 Å². The highest BCUT2D eigenvalue weighted by Crippen LogP contribution is 2.18. The molecule has 0 aliphatic carbocycles. The van der Waals surface area contributed by atoms with Crippen LogP contribution in [0.1, 0.15) is 22.3 Å². The first-order valence-corrected chi connectivity index (χ1v) is 10.4. The molecule has 0 radical (unpaired) electrons. The van der Waals surface area contributed by atoms with Crippen molar-refractivity contribution in [1.29, 1.82) is 0 Å². The summed E-state index contributed by atoms with van der Waals surface area (Å²) in [5.74, 6) is 0. The van der Waals surface area contributed by atoms with E-state index in [2.05, 4.69) is 105 Å². The molecule has 0 spiro atoms. The lowest BCUT2D eigenvalue weighted by Gasteiger charge is -2.11. The van der Waals surface area contributed by atoms with Gasteiger partial charge in [-0.1, -0.05) is 88.7 Å². The Morgan fingerprint density at radius 1 is 0.593 bits per heavy atom. The van der Waals surface area contributed by atoms with Gasteiger partial charge in [0.25, 0.3) is 0 Å². The normalized spacial score (nSPS) is 10.9. The molecule has 0 saturated carbocycles. The molecule has 3 aromatic carbocycles. The molecule has 0 heterocycles. The molecule has 0 aromatic heterocycles. The molecule has 3 aromatic rings. The van der Waals surface area contributed by atoms with Gasteiger partial charge in [-0.25, -0.2) is 0 Å². The van der Waals surface area contributed by atoms with E-state index in [4.69, 9.17) is 0 Å². The molecule has 3 heteroatoms. The number of hydrogen-bond acceptors (Lipinski definition) is 2. The smallest absolute Gasteiger partial charge is 0.0220 e. The van der Waals surface area contributed by atoms with Crippen LogP contribution in [0.15, 0.2) is 83.3 Å². The summed E-state index contributed by atoms with van der Waals surface area (Å²) in [6, 6.07) is 27.9. The van der Waals surface area contributed by atoms with Crippen molar-refractivity contribution >= 4 is 15.9 Å². The van der Waals surface area contributed by atoms with Crippen LogP contribution in [0.4, 0.5) is 0 Å². The van der Waals surface area contributed by atoms with Gasteiger partial charge < -0.3 is 10.6 Å². The zero-order chi connectivity index (χ0) is 18.7. The van der Waals surface area contributed by atoms with E-state index in [1.54, 1.807) is 0 Å². The molecule has 0 amide bonds. The fourth-order valence-electron chi connectivity index (χ4n) is 3.08. The van der Waals surface area contributed by atoms with Gasteiger partial charge in [0.05, 0.1) is 0 Å². The highest BCUT2D eigenvalue weighted by molar-refractivity contribution is 9.10. The molecule has 0 aliphatic heterocycles. The summed E-state index contributed by atoms with van der Waals surface area (Å²) in [6.45, 7) is 3.75. The Balaban J connectivity index is 1.41. The van der Waals surface area contributed by atoms with Crippen LogP contribution in [0.5, 0.6) is 0 Å². The van der Waals surface area contributed by atoms with Gasteiger partial charge in [0.1, 0.15) is 0 Å². The van der Waals surface area contributed by atoms with Gasteiger partial charge in [0.2, 0.25) is 0 Å². The van der Waals surface area contributed by atoms with Crippen molar-refractivity contribution in [1.82, 2.24) is 10.6 Å². The Kier molecular flexibility index (Phi) is 8.09. The van der Waals surface area contributed by atoms with Crippen LogP contribution >= 0.6 is 15.9 Å². The van der Waals surface area contributed by atoms with Gasteiger partial charge in [-0.3, -0.25) is 0 Å². The second kappa shape index (κ2) is 11.0. The maximum atomic E-state index is 3.68. The predicted molar refractivity (Wildman–Crippen MR) is 118 cm³/mol. The van der Waals surface area contributed by atoms with Crippen molar-refractivity contribution in [2.75, 3.05) is 13.1 Å². The van der Waals surface area contributed by atoms with Crippen LogP contribution in [-0.2, 0) is 25.9 Å². The van der Waals surface area contributed by atoms with E-state index in [1.807, 2.05) is 0 Å². The largest absolute Gasteiger partial charge is 0.312 e. The quantitative estimate of drug-likeness (QED) is 0.443. The minimum Gasteiger partial charge on any atom is -0.312 e. The van der Waals surface area contributed by atoms with Crippen LogP contribution in [0.3, 0.4) is 0 Å². The third kappa shape index (κ3) is 6.94. The molecule has 0 atom stereocenters. The average Bonchev–Trinajstić information content (AvgIpc) is 2.72. The van der Waals surface area contributed by atoms with Crippen molar-refractivity contribution in [3.8, 4) is 0 Å². The average molecular weight is 423 g/mol. The number of benzene rings is 3. The topological polar surface area (TPSA) is 24.1 Å². The second-order valence-corrected chi connectivity index (χ2v) is 7.60. The lowest BCUT2D eigenvalue weighted by molar-refractivity contribution is 0.674. The lowest BCUT2D eigenvalue weighted by Crippen LogP contribution is -2.18. The first-order chi connectivity index (χ1) is 13.3. The van der Waals surface area contributed by atoms with Gasteiger partial charge in [-0.05, 0) is 54.3 Å². The molecular formula is C24H27BrN2. The maximum absolute atomic E-state index is 3.68. The van der Waals surface area contributed by atoms with Crippen molar-refractivity contribution in [2.45, 2.75) is 25.9 Å². The fourth-order valence-corrected chi connectivity index (χ4v) is 3.47. The second-order valence-electron chi connectivity index (χ2n) is 6.75. The summed E-state index contributed by atoms with van der Waals surface area (Å²) in [6.07, 6.45) is 2.12. The van der Waals surface area contributed by atoms with Crippen molar-refractivity contribution in [2.24, 2.45) is 0 Å². The van der Waals surface area contributed by atoms with E-state index >= 15 is 0 Å². The Morgan fingerprint density at radius 2 is 1.15 bits per heavy atom. The predicted octanol–water partition coefficient (Wildman–Crippen LogP) is 5.11. The summed E-state index contributed by atoms with van der Waals surface area (Å²) in [5.41, 5.74) is 5.39. The van der Waals surface area contributed by atoms with Gasteiger partial charge >= 0.3 is 0 Å². The van der Waals surface area contributed by atoms with Crippen LogP contribution in [-0.4, -0.2) is 13.1 Å². The molecule has 3 rings (SSSR count). The zero-order valence-corrected chi connectivity index (χ0v) is 17.2. The summed E-state index contributed by atoms with van der Waals surface area (Å²) in [5, 5.41) is 7.11. The first kappa shape index (κ1) is 19.8. The minimum atomic E-state index is 0.880. The molecule has 0 saturated heterocycles. The van der Waals surface area contributed by atoms with Gasteiger partial charge in [0, 0.05) is 17.6 Å². The van der Waals surface area contributed by atoms with Gasteiger partial charge in [0.15, 0.2) is 0 Å². The minimum absolute atomic E-state index is 0.880. The fraction of sp³-hybridized carbons (Fsp3) is 0.250. The van der Waals surface area contributed by atoms with Crippen molar-refractivity contribution < 1.29 is 0 Å². The Bertz CT molecular complexity index is 803. The molecule has 0 aliphatic rings. The highest BCUT2D eigenvalue weighted by atomic mass is 79.9. The summed E-state index contributed by atoms with van der Waals surface area (Å²) in [4.78, 5) is 0. The van der Waals surface area contributed by atoms with E-state index < -0.39 is 0 Å². The van der Waals surface area contributed by atoms with Crippen LogP contribution < -0.4 is 10.6 Å². The first-order valence-electron chi connectivity index (χ1n) is 9.58. The van der Waals surface area contributed by atoms with E-state index in [0.717, 1.165) is 39.0 Å². The number of hydrogen-bond donors (Lipinski definition) is 2. The van der Waals surface area contributed by atoms with E-state index in [1.165, 1.54) is 26.7 Å². The monoisotopic (exact) mass is 422 g/mol. The molecule has 27 heavy (non-hydrogen) atoms. The van der Waals surface area contributed by atoms with E-state index in [-0.39, 0.29) is 0 Å². The van der Waals surface area contributed by atoms with Crippen molar-refractivity contribution in [3.05, 3.63) is 106 Å². The SMILES string of the molecule is Brc1ccc(CNCCc2ccccc2)cc1CNCCc1ccccc1. The number of halogens is 1. The molecule has 0 unspecified atom stereocenters. The highest BCUT2D eigenvalue weighted by Gasteiger charge is 2.02. The third-order valence-corrected chi connectivity index (χ3v) is 5.39. The molecule has 2 N–H and O–H groups in total. The maximum Gasteiger partial charge on any atom is 0.0220 e. The summed E-state index contributed by atoms with van der Waals surface area (Å²) >= 11 is 3.68. The van der Waals surface area contributed by atoms with E-state index in [9.17, 15) is 0 Å². The lowest BCUT2D eigenvalue weighted by atomic mass is 10.1. The van der Waals surface area contributed by atoms with Gasteiger partial charge in [-0.2, -0.15) is 0 Å². The molecule has 2 nitrogen and oxygen atoms in total. The van der Waals surface area contributed by atoms with Crippen molar-refractivity contribution in [3.63, 3.8) is 0 Å². The molecule has 0 fully saturated rings. The van der Waals surface area contributed by atoms with Crippen LogP contribution in [0.25, 0.3) is 0 Å². The van der Waals surface area contributed by atoms with Gasteiger partial charge in [-0.15, -0.1) is 0 Å². The Hall–Kier alpha value is -1.94. The Morgan fingerprint density at radius 3 is 1.74 bits per heavy atom. The molecule has 0 bridgehead atoms. The summed E-state index contributed by atoms with van der Waals surface area (Å²) in [7, 11) is 0. The summed E-state index contributed by atoms with van der Waals surface area (Å²) < 4.78 is 1.17. The van der Waals surface area contributed by atoms with Crippen LogP contribution in [0, 0.1) is 0 Å². The molecular weight excluding hydrogens is 396 g/mol. The standard InChI is InChI=1S/C24H27BrN2/c25-24-12-11-22(18-26-15-13-20-7-3-1-4-8-20)17-23(24)19-27-16-14-21-9-5-2-6-10-21/h1-12,17,26-27H,13-16,18-19H2. The van der Waals surface area contributed by atoms with Crippen LogP contribution in [0.2, 0.25) is 0 Å². The zero-order valence-electron chi connectivity index (χ0n) is 15.6. The Labute approximate surface area is 171 Å².